The molecule has 1 aromatic carbocycles. The molecule has 0 aliphatic rings. The molecular formula is C15H15N3OS. The highest BCUT2D eigenvalue weighted by Gasteiger charge is 2.12. The molecule has 0 bridgehead atoms. The topological polar surface area (TPSA) is 57.8 Å². The lowest BCUT2D eigenvalue weighted by Crippen LogP contribution is -2.17. The lowest BCUT2D eigenvalue weighted by Gasteiger charge is -2.03. The van der Waals surface area contributed by atoms with Gasteiger partial charge in [-0.2, -0.15) is 0 Å². The van der Waals surface area contributed by atoms with E-state index in [1.165, 1.54) is 11.3 Å². The number of nitrogens with zero attached hydrogens (tertiary/aromatic N) is 1. The number of hydrogen-bond donors (Lipinski definition) is 2. The van der Waals surface area contributed by atoms with Gasteiger partial charge in [-0.1, -0.05) is 32.0 Å². The van der Waals surface area contributed by atoms with Gasteiger partial charge in [-0.15, -0.1) is 11.3 Å². The van der Waals surface area contributed by atoms with Crippen LogP contribution in [0.15, 0.2) is 35.8 Å². The first kappa shape index (κ1) is 12.9. The number of hydrogen-bond acceptors (Lipinski definition) is 3. The van der Waals surface area contributed by atoms with Crippen molar-refractivity contribution in [2.45, 2.75) is 13.8 Å². The molecule has 0 fully saturated rings. The summed E-state index contributed by atoms with van der Waals surface area (Å²) in [6, 6.07) is 8.10. The average molecular weight is 285 g/mol. The van der Waals surface area contributed by atoms with Crippen LogP contribution in [0.3, 0.4) is 0 Å². The van der Waals surface area contributed by atoms with Gasteiger partial charge in [0, 0.05) is 34.0 Å². The third-order valence-corrected chi connectivity index (χ3v) is 3.88. The maximum absolute atomic E-state index is 11.7. The highest BCUT2D eigenvalue weighted by molar-refractivity contribution is 7.14. The molecule has 2 heterocycles. The molecule has 1 amide bonds. The van der Waals surface area contributed by atoms with Crippen LogP contribution in [-0.2, 0) is 4.79 Å². The van der Waals surface area contributed by atoms with Crippen LogP contribution in [-0.4, -0.2) is 15.9 Å². The van der Waals surface area contributed by atoms with Crippen molar-refractivity contribution in [1.82, 2.24) is 9.97 Å². The Morgan fingerprint density at radius 3 is 2.95 bits per heavy atom. The molecule has 0 radical (unpaired) electrons. The number of fused-ring (bicyclic) bond motifs is 1. The molecule has 0 atom stereocenters. The van der Waals surface area contributed by atoms with Crippen LogP contribution in [0, 0.1) is 5.92 Å². The predicted molar refractivity (Wildman–Crippen MR) is 82.9 cm³/mol. The summed E-state index contributed by atoms with van der Waals surface area (Å²) in [5, 5.41) is 6.57. The molecule has 5 heteroatoms. The van der Waals surface area contributed by atoms with Gasteiger partial charge >= 0.3 is 0 Å². The van der Waals surface area contributed by atoms with E-state index in [9.17, 15) is 4.79 Å². The number of aromatic amines is 1. The molecule has 3 rings (SSSR count). The lowest BCUT2D eigenvalue weighted by molar-refractivity contribution is -0.118. The standard InChI is InChI=1S/C15H15N3OS/c1-9(2)14(19)18-15-17-13(8-20-15)11-7-16-12-6-4-3-5-10(11)12/h3-9,16H,1-2H3,(H,17,18,19). The molecule has 0 spiro atoms. The maximum Gasteiger partial charge on any atom is 0.228 e. The zero-order chi connectivity index (χ0) is 14.1. The molecule has 4 nitrogen and oxygen atoms in total. The summed E-state index contributed by atoms with van der Waals surface area (Å²) in [6.45, 7) is 3.73. The number of amides is 1. The van der Waals surface area contributed by atoms with E-state index in [1.54, 1.807) is 0 Å². The zero-order valence-electron chi connectivity index (χ0n) is 11.3. The Morgan fingerprint density at radius 1 is 1.35 bits per heavy atom. The quantitative estimate of drug-likeness (QED) is 0.767. The Hall–Kier alpha value is -2.14. The Morgan fingerprint density at radius 2 is 2.15 bits per heavy atom. The van der Waals surface area contributed by atoms with E-state index in [2.05, 4.69) is 21.4 Å². The van der Waals surface area contributed by atoms with Crippen molar-refractivity contribution < 1.29 is 4.79 Å². The SMILES string of the molecule is CC(C)C(=O)Nc1nc(-c2c[nH]c3ccccc23)cs1. The van der Waals surface area contributed by atoms with Crippen LogP contribution < -0.4 is 5.32 Å². The minimum absolute atomic E-state index is 0.00942. The summed E-state index contributed by atoms with van der Waals surface area (Å²) in [4.78, 5) is 19.4. The van der Waals surface area contributed by atoms with Crippen molar-refractivity contribution in [3.05, 3.63) is 35.8 Å². The second-order valence-corrected chi connectivity index (χ2v) is 5.79. The number of para-hydroxylation sites is 1. The molecular weight excluding hydrogens is 270 g/mol. The predicted octanol–water partition coefficient (Wildman–Crippen LogP) is 3.89. The average Bonchev–Trinajstić information content (AvgIpc) is 3.04. The van der Waals surface area contributed by atoms with Gasteiger partial charge in [0.2, 0.25) is 5.91 Å². The van der Waals surface area contributed by atoms with Crippen LogP contribution in [0.25, 0.3) is 22.2 Å². The fourth-order valence-corrected chi connectivity index (χ4v) is 2.70. The van der Waals surface area contributed by atoms with Gasteiger partial charge in [-0.05, 0) is 6.07 Å². The zero-order valence-corrected chi connectivity index (χ0v) is 12.1. The van der Waals surface area contributed by atoms with Crippen molar-refractivity contribution in [1.29, 1.82) is 0 Å². The fourth-order valence-electron chi connectivity index (χ4n) is 1.99. The minimum atomic E-state index is -0.0459. The van der Waals surface area contributed by atoms with E-state index in [1.807, 2.05) is 43.6 Å². The molecule has 3 aromatic rings. The van der Waals surface area contributed by atoms with Crippen molar-refractivity contribution in [3.8, 4) is 11.3 Å². The lowest BCUT2D eigenvalue weighted by atomic mass is 10.1. The van der Waals surface area contributed by atoms with Crippen molar-refractivity contribution in [2.75, 3.05) is 5.32 Å². The molecule has 0 saturated carbocycles. The normalized spacial score (nSPS) is 11.2. The number of thiazole rings is 1. The number of carbonyl (C=O) groups excluding carboxylic acids is 1. The van der Waals surface area contributed by atoms with Crippen LogP contribution >= 0.6 is 11.3 Å². The number of anilines is 1. The van der Waals surface area contributed by atoms with E-state index >= 15 is 0 Å². The third-order valence-electron chi connectivity index (χ3n) is 3.12. The summed E-state index contributed by atoms with van der Waals surface area (Å²) in [5.74, 6) is -0.0553. The molecule has 0 aliphatic heterocycles. The van der Waals surface area contributed by atoms with E-state index in [0.717, 1.165) is 22.2 Å². The minimum Gasteiger partial charge on any atom is -0.360 e. The molecule has 2 aromatic heterocycles. The first-order chi connectivity index (χ1) is 9.65. The van der Waals surface area contributed by atoms with Crippen LogP contribution in [0.5, 0.6) is 0 Å². The van der Waals surface area contributed by atoms with Crippen molar-refractivity contribution in [3.63, 3.8) is 0 Å². The monoisotopic (exact) mass is 285 g/mol. The largest absolute Gasteiger partial charge is 0.360 e. The second-order valence-electron chi connectivity index (χ2n) is 4.93. The van der Waals surface area contributed by atoms with Gasteiger partial charge in [-0.25, -0.2) is 4.98 Å². The number of rotatable bonds is 3. The van der Waals surface area contributed by atoms with Gasteiger partial charge in [0.1, 0.15) is 0 Å². The smallest absolute Gasteiger partial charge is 0.228 e. The molecule has 0 unspecified atom stereocenters. The first-order valence-corrected chi connectivity index (χ1v) is 7.36. The summed E-state index contributed by atoms with van der Waals surface area (Å²) >= 11 is 1.45. The number of aromatic nitrogens is 2. The van der Waals surface area contributed by atoms with Crippen molar-refractivity contribution in [2.24, 2.45) is 5.92 Å². The summed E-state index contributed by atoms with van der Waals surface area (Å²) in [5.41, 5.74) is 3.02. The van der Waals surface area contributed by atoms with Crippen LogP contribution in [0.4, 0.5) is 5.13 Å². The van der Waals surface area contributed by atoms with E-state index < -0.39 is 0 Å². The second kappa shape index (κ2) is 5.09. The molecule has 2 N–H and O–H groups in total. The van der Waals surface area contributed by atoms with E-state index in [0.29, 0.717) is 5.13 Å². The summed E-state index contributed by atoms with van der Waals surface area (Å²) < 4.78 is 0. The Bertz CT molecular complexity index is 757. The molecule has 102 valence electrons. The Labute approximate surface area is 120 Å². The molecule has 0 saturated heterocycles. The fraction of sp³-hybridized carbons (Fsp3) is 0.200. The van der Waals surface area contributed by atoms with E-state index in [4.69, 9.17) is 0 Å². The number of carbonyl (C=O) groups is 1. The van der Waals surface area contributed by atoms with Gasteiger partial charge in [0.05, 0.1) is 5.69 Å². The van der Waals surface area contributed by atoms with Gasteiger partial charge in [0.25, 0.3) is 0 Å². The number of nitrogens with one attached hydrogen (secondary N) is 2. The van der Waals surface area contributed by atoms with Gasteiger partial charge < -0.3 is 10.3 Å². The van der Waals surface area contributed by atoms with E-state index in [-0.39, 0.29) is 11.8 Å². The number of benzene rings is 1. The Kier molecular flexibility index (Phi) is 3.28. The molecule has 0 aliphatic carbocycles. The van der Waals surface area contributed by atoms with Gasteiger partial charge in [-0.3, -0.25) is 4.79 Å². The van der Waals surface area contributed by atoms with Crippen LogP contribution in [0.1, 0.15) is 13.8 Å². The highest BCUT2D eigenvalue weighted by Crippen LogP contribution is 2.30. The third kappa shape index (κ3) is 2.32. The summed E-state index contributed by atoms with van der Waals surface area (Å²) in [6.07, 6.45) is 1.95. The van der Waals surface area contributed by atoms with Gasteiger partial charge in [0.15, 0.2) is 5.13 Å². The highest BCUT2D eigenvalue weighted by atomic mass is 32.1. The number of H-pyrrole nitrogens is 1. The Balaban J connectivity index is 1.92. The van der Waals surface area contributed by atoms with Crippen molar-refractivity contribution >= 4 is 33.3 Å². The molecule has 20 heavy (non-hydrogen) atoms. The maximum atomic E-state index is 11.7. The summed E-state index contributed by atoms with van der Waals surface area (Å²) in [7, 11) is 0. The van der Waals surface area contributed by atoms with Crippen LogP contribution in [0.2, 0.25) is 0 Å². The first-order valence-electron chi connectivity index (χ1n) is 6.48.